The van der Waals surface area contributed by atoms with Crippen LogP contribution in [0.2, 0.25) is 0 Å². The van der Waals surface area contributed by atoms with E-state index in [2.05, 4.69) is 10.3 Å². The SMILES string of the molecule is O=C(Nc1nc2c(s1)CN(C(=O)C1c3ccccc3Oc3ccccc31)CC2)c1ccsc1. The van der Waals surface area contributed by atoms with Crippen LogP contribution in [0.5, 0.6) is 11.5 Å². The molecule has 0 atom stereocenters. The number of fused-ring (bicyclic) bond motifs is 3. The van der Waals surface area contributed by atoms with Gasteiger partial charge in [0.05, 0.1) is 23.7 Å². The summed E-state index contributed by atoms with van der Waals surface area (Å²) >= 11 is 2.92. The Bertz CT molecular complexity index is 1320. The second-order valence-corrected chi connectivity index (χ2v) is 9.84. The first kappa shape index (κ1) is 20.1. The van der Waals surface area contributed by atoms with Crippen LogP contribution in [0.1, 0.15) is 38.0 Å². The molecule has 0 radical (unpaired) electrons. The molecule has 6 rings (SSSR count). The molecule has 2 aromatic heterocycles. The highest BCUT2D eigenvalue weighted by atomic mass is 32.1. The van der Waals surface area contributed by atoms with Gasteiger partial charge in [0, 0.05) is 34.3 Å². The van der Waals surface area contributed by atoms with E-state index in [1.807, 2.05) is 64.2 Å². The van der Waals surface area contributed by atoms with Crippen LogP contribution in [0.25, 0.3) is 0 Å². The number of para-hydroxylation sites is 2. The lowest BCUT2D eigenvalue weighted by Gasteiger charge is -2.33. The highest BCUT2D eigenvalue weighted by molar-refractivity contribution is 7.16. The molecule has 8 heteroatoms. The van der Waals surface area contributed by atoms with Crippen LogP contribution in [-0.4, -0.2) is 28.2 Å². The number of thiophene rings is 1. The third kappa shape index (κ3) is 3.61. The smallest absolute Gasteiger partial charge is 0.258 e. The lowest BCUT2D eigenvalue weighted by atomic mass is 9.86. The van der Waals surface area contributed by atoms with E-state index in [9.17, 15) is 9.59 Å². The van der Waals surface area contributed by atoms with E-state index in [0.29, 0.717) is 30.2 Å². The molecule has 164 valence electrons. The maximum atomic E-state index is 13.8. The largest absolute Gasteiger partial charge is 0.457 e. The summed E-state index contributed by atoms with van der Waals surface area (Å²) in [4.78, 5) is 33.7. The van der Waals surface area contributed by atoms with Crippen molar-refractivity contribution in [2.24, 2.45) is 0 Å². The van der Waals surface area contributed by atoms with Gasteiger partial charge in [0.15, 0.2) is 5.13 Å². The van der Waals surface area contributed by atoms with Crippen molar-refractivity contribution in [3.05, 3.63) is 92.6 Å². The van der Waals surface area contributed by atoms with Gasteiger partial charge < -0.3 is 9.64 Å². The Morgan fingerprint density at radius 3 is 2.45 bits per heavy atom. The van der Waals surface area contributed by atoms with Gasteiger partial charge in [0.25, 0.3) is 5.91 Å². The van der Waals surface area contributed by atoms with Gasteiger partial charge in [-0.05, 0) is 23.6 Å². The molecule has 4 heterocycles. The molecule has 0 aliphatic carbocycles. The zero-order valence-corrected chi connectivity index (χ0v) is 19.1. The number of nitrogens with zero attached hydrogens (tertiary/aromatic N) is 2. The first-order valence-electron chi connectivity index (χ1n) is 10.6. The van der Waals surface area contributed by atoms with E-state index in [1.54, 1.807) is 6.07 Å². The van der Waals surface area contributed by atoms with Crippen molar-refractivity contribution in [3.8, 4) is 11.5 Å². The van der Waals surface area contributed by atoms with Gasteiger partial charge in [-0.2, -0.15) is 11.3 Å². The first-order valence-corrected chi connectivity index (χ1v) is 12.4. The van der Waals surface area contributed by atoms with Crippen molar-refractivity contribution in [2.75, 3.05) is 11.9 Å². The summed E-state index contributed by atoms with van der Waals surface area (Å²) in [6.45, 7) is 1.08. The van der Waals surface area contributed by atoms with Crippen LogP contribution >= 0.6 is 22.7 Å². The number of carbonyl (C=O) groups is 2. The molecule has 0 spiro atoms. The lowest BCUT2D eigenvalue weighted by molar-refractivity contribution is -0.132. The third-order valence-corrected chi connectivity index (χ3v) is 7.65. The monoisotopic (exact) mass is 473 g/mol. The number of aromatic nitrogens is 1. The van der Waals surface area contributed by atoms with Crippen molar-refractivity contribution < 1.29 is 14.3 Å². The minimum atomic E-state index is -0.404. The summed E-state index contributed by atoms with van der Waals surface area (Å²) in [5, 5.41) is 7.15. The molecular weight excluding hydrogens is 454 g/mol. The minimum absolute atomic E-state index is 0.0566. The summed E-state index contributed by atoms with van der Waals surface area (Å²) < 4.78 is 6.05. The van der Waals surface area contributed by atoms with Gasteiger partial charge in [0.2, 0.25) is 5.91 Å². The number of benzene rings is 2. The number of nitrogens with one attached hydrogen (secondary N) is 1. The molecule has 0 saturated heterocycles. The zero-order chi connectivity index (χ0) is 22.4. The van der Waals surface area contributed by atoms with E-state index >= 15 is 0 Å². The molecular formula is C25H19N3O3S2. The molecule has 2 aliphatic heterocycles. The van der Waals surface area contributed by atoms with Crippen LogP contribution in [0.15, 0.2) is 65.4 Å². The first-order chi connectivity index (χ1) is 16.2. The molecule has 0 saturated carbocycles. The molecule has 0 bridgehead atoms. The Labute approximate surface area is 198 Å². The predicted octanol–water partition coefficient (Wildman–Crippen LogP) is 5.28. The van der Waals surface area contributed by atoms with Gasteiger partial charge in [-0.1, -0.05) is 47.7 Å². The highest BCUT2D eigenvalue weighted by Crippen LogP contribution is 2.45. The number of carbonyl (C=O) groups excluding carboxylic acids is 2. The van der Waals surface area contributed by atoms with Crippen LogP contribution in [-0.2, 0) is 17.8 Å². The molecule has 1 N–H and O–H groups in total. The van der Waals surface area contributed by atoms with E-state index in [4.69, 9.17) is 4.74 Å². The topological polar surface area (TPSA) is 71.5 Å². The molecule has 6 nitrogen and oxygen atoms in total. The normalized spacial score (nSPS) is 14.6. The van der Waals surface area contributed by atoms with Gasteiger partial charge in [0.1, 0.15) is 11.5 Å². The van der Waals surface area contributed by atoms with Crippen LogP contribution in [0, 0.1) is 0 Å². The van der Waals surface area contributed by atoms with Crippen molar-refractivity contribution in [1.82, 2.24) is 9.88 Å². The number of anilines is 1. The fourth-order valence-electron chi connectivity index (χ4n) is 4.36. The Hall–Kier alpha value is -3.49. The Kier molecular flexibility index (Phi) is 4.96. The Morgan fingerprint density at radius 2 is 1.76 bits per heavy atom. The molecule has 2 aromatic carbocycles. The average Bonchev–Trinajstić information content (AvgIpc) is 3.51. The van der Waals surface area contributed by atoms with Crippen LogP contribution < -0.4 is 10.1 Å². The lowest BCUT2D eigenvalue weighted by Crippen LogP contribution is -2.39. The molecule has 4 aromatic rings. The number of ether oxygens (including phenoxy) is 1. The Balaban J connectivity index is 1.26. The fourth-order valence-corrected chi connectivity index (χ4v) is 6.01. The van der Waals surface area contributed by atoms with E-state index in [-0.39, 0.29) is 11.8 Å². The Morgan fingerprint density at radius 1 is 1.03 bits per heavy atom. The van der Waals surface area contributed by atoms with Crippen molar-refractivity contribution >= 4 is 39.6 Å². The number of hydrogen-bond acceptors (Lipinski definition) is 6. The number of thiazole rings is 1. The van der Waals surface area contributed by atoms with E-state index in [0.717, 1.165) is 33.2 Å². The fraction of sp³-hybridized carbons (Fsp3) is 0.160. The summed E-state index contributed by atoms with van der Waals surface area (Å²) in [6.07, 6.45) is 0.665. The molecule has 0 fully saturated rings. The van der Waals surface area contributed by atoms with Gasteiger partial charge >= 0.3 is 0 Å². The predicted molar refractivity (Wildman–Crippen MR) is 128 cm³/mol. The van der Waals surface area contributed by atoms with Crippen molar-refractivity contribution in [2.45, 2.75) is 18.9 Å². The summed E-state index contributed by atoms with van der Waals surface area (Å²) in [6, 6.07) is 17.3. The standard InChI is InChI=1S/C25H19N3O3S2/c29-23(15-10-12-32-14-15)27-25-26-18-9-11-28(13-21(18)33-25)24(30)22-16-5-1-3-7-19(16)31-20-8-4-2-6-17(20)22/h1-8,10,12,14,22H,9,11,13H2,(H,26,27,29). The molecule has 2 aliphatic rings. The zero-order valence-electron chi connectivity index (χ0n) is 17.5. The minimum Gasteiger partial charge on any atom is -0.457 e. The number of rotatable bonds is 3. The van der Waals surface area contributed by atoms with E-state index in [1.165, 1.54) is 22.7 Å². The molecule has 33 heavy (non-hydrogen) atoms. The average molecular weight is 474 g/mol. The number of hydrogen-bond donors (Lipinski definition) is 1. The molecule has 0 unspecified atom stereocenters. The van der Waals surface area contributed by atoms with E-state index < -0.39 is 5.92 Å². The van der Waals surface area contributed by atoms with Crippen LogP contribution in [0.3, 0.4) is 0 Å². The number of amides is 2. The maximum absolute atomic E-state index is 13.8. The summed E-state index contributed by atoms with van der Waals surface area (Å²) in [5.41, 5.74) is 3.36. The van der Waals surface area contributed by atoms with Crippen molar-refractivity contribution in [1.29, 1.82) is 0 Å². The third-order valence-electron chi connectivity index (χ3n) is 5.97. The van der Waals surface area contributed by atoms with Crippen LogP contribution in [0.4, 0.5) is 5.13 Å². The van der Waals surface area contributed by atoms with Gasteiger partial charge in [-0.25, -0.2) is 4.98 Å². The van der Waals surface area contributed by atoms with Crippen molar-refractivity contribution in [3.63, 3.8) is 0 Å². The van der Waals surface area contributed by atoms with Gasteiger partial charge in [-0.3, -0.25) is 14.9 Å². The second-order valence-electron chi connectivity index (χ2n) is 7.98. The summed E-state index contributed by atoms with van der Waals surface area (Å²) in [5.74, 6) is 0.942. The quantitative estimate of drug-likeness (QED) is 0.440. The summed E-state index contributed by atoms with van der Waals surface area (Å²) in [7, 11) is 0. The molecule has 2 amide bonds. The maximum Gasteiger partial charge on any atom is 0.258 e. The van der Waals surface area contributed by atoms with Gasteiger partial charge in [-0.15, -0.1) is 0 Å². The highest BCUT2D eigenvalue weighted by Gasteiger charge is 2.36. The second kappa shape index (κ2) is 8.13.